The third kappa shape index (κ3) is 4.49. The Bertz CT molecular complexity index is 887. The average molecular weight is 386 g/mol. The minimum absolute atomic E-state index is 0.0707. The molecule has 1 fully saturated rings. The number of nitrogens with zero attached hydrogens (tertiary/aromatic N) is 3. The fraction of sp³-hybridized carbons (Fsp3) is 0.500. The van der Waals surface area contributed by atoms with Crippen LogP contribution < -0.4 is 15.6 Å². The molecule has 28 heavy (non-hydrogen) atoms. The maximum atomic E-state index is 12.6. The second-order valence-electron chi connectivity index (χ2n) is 7.84. The molecule has 2 aromatic heterocycles. The fourth-order valence-electron chi connectivity index (χ4n) is 3.50. The highest BCUT2D eigenvalue weighted by atomic mass is 16.4. The second-order valence-corrected chi connectivity index (χ2v) is 7.84. The highest BCUT2D eigenvalue weighted by molar-refractivity contribution is 5.77. The maximum absolute atomic E-state index is 12.6. The molecule has 0 spiro atoms. The lowest BCUT2D eigenvalue weighted by molar-refractivity contribution is -0.123. The van der Waals surface area contributed by atoms with Gasteiger partial charge in [-0.25, -0.2) is 9.97 Å². The van der Waals surface area contributed by atoms with Crippen LogP contribution >= 0.6 is 0 Å². The van der Waals surface area contributed by atoms with Crippen LogP contribution in [-0.4, -0.2) is 40.1 Å². The van der Waals surface area contributed by atoms with Gasteiger partial charge < -0.3 is 19.7 Å². The third-order valence-electron chi connectivity index (χ3n) is 4.96. The van der Waals surface area contributed by atoms with E-state index in [1.807, 2.05) is 0 Å². The number of hydrogen-bond donors (Lipinski definition) is 2. The van der Waals surface area contributed by atoms with Crippen LogP contribution in [0.25, 0.3) is 0 Å². The molecule has 1 amide bonds. The molecule has 3 heterocycles. The van der Waals surface area contributed by atoms with E-state index in [4.69, 9.17) is 4.42 Å². The molecule has 1 aliphatic heterocycles. The second kappa shape index (κ2) is 8.00. The number of amides is 1. The largest absolute Gasteiger partial charge is 0.502 e. The van der Waals surface area contributed by atoms with Crippen LogP contribution in [0.4, 0.5) is 5.95 Å². The summed E-state index contributed by atoms with van der Waals surface area (Å²) in [5, 5.41) is 13.1. The summed E-state index contributed by atoms with van der Waals surface area (Å²) in [5.41, 5.74) is -1.31. The van der Waals surface area contributed by atoms with Crippen LogP contribution in [0.2, 0.25) is 0 Å². The molecule has 150 valence electrons. The van der Waals surface area contributed by atoms with Crippen LogP contribution in [0, 0.1) is 6.92 Å². The van der Waals surface area contributed by atoms with Gasteiger partial charge in [-0.1, -0.05) is 13.8 Å². The molecule has 0 radical (unpaired) electrons. The number of aromatic hydroxyl groups is 1. The molecular weight excluding hydrogens is 360 g/mol. The number of rotatable bonds is 5. The smallest absolute Gasteiger partial charge is 0.227 e. The van der Waals surface area contributed by atoms with Crippen molar-refractivity contribution in [1.29, 1.82) is 0 Å². The predicted molar refractivity (Wildman–Crippen MR) is 104 cm³/mol. The van der Waals surface area contributed by atoms with Crippen molar-refractivity contribution in [2.75, 3.05) is 18.0 Å². The van der Waals surface area contributed by atoms with Crippen molar-refractivity contribution >= 4 is 11.9 Å². The van der Waals surface area contributed by atoms with E-state index >= 15 is 0 Å². The average Bonchev–Trinajstić information content (AvgIpc) is 2.65. The minimum Gasteiger partial charge on any atom is -0.502 e. The van der Waals surface area contributed by atoms with Crippen LogP contribution in [0.5, 0.6) is 5.75 Å². The van der Waals surface area contributed by atoms with E-state index in [9.17, 15) is 14.7 Å². The molecule has 8 heteroatoms. The molecule has 2 N–H and O–H groups in total. The first-order valence-corrected chi connectivity index (χ1v) is 9.42. The number of piperidine rings is 1. The number of anilines is 1. The van der Waals surface area contributed by atoms with Crippen LogP contribution in [0.15, 0.2) is 33.7 Å². The van der Waals surface area contributed by atoms with Gasteiger partial charge in [0.1, 0.15) is 5.76 Å². The monoisotopic (exact) mass is 386 g/mol. The van der Waals surface area contributed by atoms with Gasteiger partial charge in [-0.05, 0) is 25.8 Å². The van der Waals surface area contributed by atoms with Crippen molar-refractivity contribution in [2.45, 2.75) is 51.5 Å². The van der Waals surface area contributed by atoms with Crippen molar-refractivity contribution in [3.63, 3.8) is 0 Å². The lowest BCUT2D eigenvalue weighted by Gasteiger charge is -2.33. The number of carbonyl (C=O) groups is 1. The molecule has 8 nitrogen and oxygen atoms in total. The SMILES string of the molecule is Cc1cc(=O)c(O)c(C(C)(C)CC(=O)NC2CCN(c3ncccn3)CC2)o1. The zero-order chi connectivity index (χ0) is 20.3. The first-order valence-electron chi connectivity index (χ1n) is 9.42. The molecule has 0 saturated carbocycles. The lowest BCUT2D eigenvalue weighted by Crippen LogP contribution is -2.46. The summed E-state index contributed by atoms with van der Waals surface area (Å²) in [7, 11) is 0. The minimum atomic E-state index is -0.808. The summed E-state index contributed by atoms with van der Waals surface area (Å²) in [6, 6.07) is 3.09. The Labute approximate surface area is 163 Å². The van der Waals surface area contributed by atoms with Gasteiger partial charge >= 0.3 is 0 Å². The third-order valence-corrected chi connectivity index (χ3v) is 4.96. The number of carbonyl (C=O) groups excluding carboxylic acids is 1. The Hall–Kier alpha value is -2.90. The van der Waals surface area contributed by atoms with Gasteiger partial charge in [0.25, 0.3) is 0 Å². The topological polar surface area (TPSA) is 109 Å². The summed E-state index contributed by atoms with van der Waals surface area (Å²) in [6.45, 7) is 6.74. The molecule has 1 aliphatic rings. The molecule has 0 bridgehead atoms. The standard InChI is InChI=1S/C20H26N4O4/c1-13-11-15(25)17(27)18(28-13)20(2,3)12-16(26)23-14-5-9-24(10-6-14)19-21-7-4-8-22-19/h4,7-8,11,14,27H,5-6,9-10,12H2,1-3H3,(H,23,26). The Kier molecular flexibility index (Phi) is 5.67. The van der Waals surface area contributed by atoms with Crippen molar-refractivity contribution in [1.82, 2.24) is 15.3 Å². The molecule has 0 aromatic carbocycles. The van der Waals surface area contributed by atoms with Gasteiger partial charge in [0, 0.05) is 49.4 Å². The van der Waals surface area contributed by atoms with E-state index in [1.165, 1.54) is 6.07 Å². The molecule has 1 saturated heterocycles. The van der Waals surface area contributed by atoms with Crippen LogP contribution in [-0.2, 0) is 10.2 Å². The van der Waals surface area contributed by atoms with Crippen molar-refractivity contribution in [3.8, 4) is 5.75 Å². The number of aromatic nitrogens is 2. The number of nitrogens with one attached hydrogen (secondary N) is 1. The lowest BCUT2D eigenvalue weighted by atomic mass is 9.85. The van der Waals surface area contributed by atoms with Gasteiger partial charge in [0.15, 0.2) is 5.76 Å². The summed E-state index contributed by atoms with van der Waals surface area (Å²) in [6.07, 6.45) is 5.15. The fourth-order valence-corrected chi connectivity index (χ4v) is 3.50. The van der Waals surface area contributed by atoms with Gasteiger partial charge in [-0.3, -0.25) is 9.59 Å². The molecule has 0 aliphatic carbocycles. The Morgan fingerprint density at radius 2 is 1.96 bits per heavy atom. The first kappa shape index (κ1) is 19.9. The molecule has 3 rings (SSSR count). The Balaban J connectivity index is 1.58. The van der Waals surface area contributed by atoms with E-state index in [2.05, 4.69) is 20.2 Å². The van der Waals surface area contributed by atoms with Crippen molar-refractivity contribution in [3.05, 3.63) is 46.3 Å². The zero-order valence-electron chi connectivity index (χ0n) is 16.4. The summed E-state index contributed by atoms with van der Waals surface area (Å²) in [4.78, 5) is 35.0. The molecular formula is C20H26N4O4. The van der Waals surface area contributed by atoms with Crippen molar-refractivity contribution in [2.24, 2.45) is 0 Å². The van der Waals surface area contributed by atoms with Crippen LogP contribution in [0.3, 0.4) is 0 Å². The number of hydrogen-bond acceptors (Lipinski definition) is 7. The zero-order valence-corrected chi connectivity index (χ0v) is 16.4. The predicted octanol–water partition coefficient (Wildman–Crippen LogP) is 1.90. The molecule has 2 aromatic rings. The van der Waals surface area contributed by atoms with Gasteiger partial charge in [0.2, 0.25) is 23.0 Å². The van der Waals surface area contributed by atoms with E-state index in [0.717, 1.165) is 25.9 Å². The van der Waals surface area contributed by atoms with Gasteiger partial charge in [-0.2, -0.15) is 0 Å². The van der Waals surface area contributed by atoms with E-state index in [0.29, 0.717) is 11.7 Å². The summed E-state index contributed by atoms with van der Waals surface area (Å²) >= 11 is 0. The van der Waals surface area contributed by atoms with Gasteiger partial charge in [-0.15, -0.1) is 0 Å². The van der Waals surface area contributed by atoms with Gasteiger partial charge in [0.05, 0.1) is 0 Å². The molecule has 0 unspecified atom stereocenters. The van der Waals surface area contributed by atoms with Crippen LogP contribution in [0.1, 0.15) is 44.6 Å². The maximum Gasteiger partial charge on any atom is 0.227 e. The highest BCUT2D eigenvalue weighted by Gasteiger charge is 2.32. The van der Waals surface area contributed by atoms with Crippen molar-refractivity contribution < 1.29 is 14.3 Å². The van der Waals surface area contributed by atoms with E-state index in [-0.39, 0.29) is 24.1 Å². The normalized spacial score (nSPS) is 15.5. The molecule has 0 atom stereocenters. The number of aryl methyl sites for hydroxylation is 1. The Morgan fingerprint density at radius 3 is 2.61 bits per heavy atom. The van der Waals surface area contributed by atoms with E-state index < -0.39 is 16.6 Å². The summed E-state index contributed by atoms with van der Waals surface area (Å²) in [5.74, 6) is 0.686. The Morgan fingerprint density at radius 1 is 1.32 bits per heavy atom. The quantitative estimate of drug-likeness (QED) is 0.808. The highest BCUT2D eigenvalue weighted by Crippen LogP contribution is 2.32. The van der Waals surface area contributed by atoms with E-state index in [1.54, 1.807) is 39.2 Å². The first-order chi connectivity index (χ1) is 13.3. The summed E-state index contributed by atoms with van der Waals surface area (Å²) < 4.78 is 5.56.